The molecule has 1 aliphatic rings. The van der Waals surface area contributed by atoms with Gasteiger partial charge in [-0.3, -0.25) is 9.78 Å². The maximum absolute atomic E-state index is 12.0. The standard InChI is InChI=1S/C17H23N3O2/c1-11-12(2)15(9-18)16(19-13(11)3)7-14-8-17(21)20(10-14)5-6-22-4/h14H,5-8,10H2,1-4H3/t14-/m0/s1. The van der Waals surface area contributed by atoms with Crippen molar-refractivity contribution in [2.45, 2.75) is 33.6 Å². The third kappa shape index (κ3) is 3.28. The molecule has 1 aliphatic heterocycles. The van der Waals surface area contributed by atoms with Crippen LogP contribution in [0.3, 0.4) is 0 Å². The molecule has 1 amide bonds. The average Bonchev–Trinajstić information content (AvgIpc) is 2.83. The number of methoxy groups -OCH3 is 1. The van der Waals surface area contributed by atoms with E-state index in [1.165, 1.54) is 0 Å². The minimum Gasteiger partial charge on any atom is -0.383 e. The molecule has 1 fully saturated rings. The van der Waals surface area contributed by atoms with E-state index in [4.69, 9.17) is 4.74 Å². The minimum atomic E-state index is 0.168. The molecule has 22 heavy (non-hydrogen) atoms. The molecule has 5 nitrogen and oxygen atoms in total. The molecule has 0 N–H and O–H groups in total. The summed E-state index contributed by atoms with van der Waals surface area (Å²) in [5, 5.41) is 9.42. The Kier molecular flexibility index (Phi) is 5.15. The first kappa shape index (κ1) is 16.4. The van der Waals surface area contributed by atoms with Gasteiger partial charge in [-0.1, -0.05) is 0 Å². The highest BCUT2D eigenvalue weighted by atomic mass is 16.5. The maximum Gasteiger partial charge on any atom is 0.223 e. The summed E-state index contributed by atoms with van der Waals surface area (Å²) in [6, 6.07) is 2.28. The maximum atomic E-state index is 12.0. The van der Waals surface area contributed by atoms with E-state index in [0.29, 0.717) is 31.6 Å². The summed E-state index contributed by atoms with van der Waals surface area (Å²) < 4.78 is 5.04. The van der Waals surface area contributed by atoms with Crippen molar-refractivity contribution in [3.05, 3.63) is 28.1 Å². The second-order valence-electron chi connectivity index (χ2n) is 5.99. The molecule has 0 saturated carbocycles. The van der Waals surface area contributed by atoms with Gasteiger partial charge in [-0.25, -0.2) is 0 Å². The third-order valence-corrected chi connectivity index (χ3v) is 4.53. The summed E-state index contributed by atoms with van der Waals surface area (Å²) in [5.74, 6) is 0.395. The minimum absolute atomic E-state index is 0.168. The van der Waals surface area contributed by atoms with Crippen molar-refractivity contribution in [2.75, 3.05) is 26.8 Å². The number of nitrogens with zero attached hydrogens (tertiary/aromatic N) is 3. The molecular weight excluding hydrogens is 278 g/mol. The lowest BCUT2D eigenvalue weighted by atomic mass is 9.95. The highest BCUT2D eigenvalue weighted by Crippen LogP contribution is 2.25. The van der Waals surface area contributed by atoms with Crippen LogP contribution in [0.15, 0.2) is 0 Å². The Labute approximate surface area is 131 Å². The van der Waals surface area contributed by atoms with Gasteiger partial charge in [-0.2, -0.15) is 5.26 Å². The molecule has 1 aromatic heterocycles. The Morgan fingerprint density at radius 2 is 2.09 bits per heavy atom. The lowest BCUT2D eigenvalue weighted by Crippen LogP contribution is -2.29. The number of hydrogen-bond acceptors (Lipinski definition) is 4. The smallest absolute Gasteiger partial charge is 0.223 e. The molecule has 0 bridgehead atoms. The fourth-order valence-corrected chi connectivity index (χ4v) is 3.00. The zero-order valence-electron chi connectivity index (χ0n) is 13.8. The number of pyridine rings is 1. The van der Waals surface area contributed by atoms with E-state index in [9.17, 15) is 10.1 Å². The topological polar surface area (TPSA) is 66.2 Å². The molecular formula is C17H23N3O2. The van der Waals surface area contributed by atoms with E-state index < -0.39 is 0 Å². The van der Waals surface area contributed by atoms with E-state index in [0.717, 1.165) is 29.1 Å². The van der Waals surface area contributed by atoms with Crippen molar-refractivity contribution < 1.29 is 9.53 Å². The summed E-state index contributed by atoms with van der Waals surface area (Å²) in [6.07, 6.45) is 1.21. The van der Waals surface area contributed by atoms with Gasteiger partial charge in [0.15, 0.2) is 0 Å². The molecule has 0 radical (unpaired) electrons. The monoisotopic (exact) mass is 301 g/mol. The highest BCUT2D eigenvalue weighted by Gasteiger charge is 2.30. The molecule has 2 heterocycles. The van der Waals surface area contributed by atoms with Crippen molar-refractivity contribution in [1.82, 2.24) is 9.88 Å². The predicted octanol–water partition coefficient (Wildman–Crippen LogP) is 1.92. The average molecular weight is 301 g/mol. The van der Waals surface area contributed by atoms with Crippen LogP contribution in [0.2, 0.25) is 0 Å². The number of rotatable bonds is 5. The Hall–Kier alpha value is -1.93. The summed E-state index contributed by atoms with van der Waals surface area (Å²) in [5.41, 5.74) is 4.54. The number of carbonyl (C=O) groups excluding carboxylic acids is 1. The van der Waals surface area contributed by atoms with Gasteiger partial charge in [0, 0.05) is 32.3 Å². The van der Waals surface area contributed by atoms with Crippen LogP contribution in [0, 0.1) is 38.0 Å². The molecule has 1 saturated heterocycles. The fourth-order valence-electron chi connectivity index (χ4n) is 3.00. The van der Waals surface area contributed by atoms with Crippen LogP contribution in [0.4, 0.5) is 0 Å². The molecule has 0 aliphatic carbocycles. The van der Waals surface area contributed by atoms with E-state index in [2.05, 4.69) is 11.1 Å². The molecule has 0 aromatic carbocycles. The molecule has 0 unspecified atom stereocenters. The van der Waals surface area contributed by atoms with Crippen molar-refractivity contribution >= 4 is 5.91 Å². The number of amides is 1. The third-order valence-electron chi connectivity index (χ3n) is 4.53. The van der Waals surface area contributed by atoms with E-state index in [1.807, 2.05) is 25.7 Å². The predicted molar refractivity (Wildman–Crippen MR) is 83.4 cm³/mol. The molecule has 1 atom stereocenters. The van der Waals surface area contributed by atoms with Gasteiger partial charge in [0.25, 0.3) is 0 Å². The van der Waals surface area contributed by atoms with Gasteiger partial charge in [-0.15, -0.1) is 0 Å². The van der Waals surface area contributed by atoms with Gasteiger partial charge < -0.3 is 9.64 Å². The van der Waals surface area contributed by atoms with Gasteiger partial charge >= 0.3 is 0 Å². The molecule has 118 valence electrons. The number of ether oxygens (including phenoxy) is 1. The molecule has 1 aromatic rings. The first-order chi connectivity index (χ1) is 10.5. The summed E-state index contributed by atoms with van der Waals surface area (Å²) in [7, 11) is 1.64. The van der Waals surface area contributed by atoms with Gasteiger partial charge in [0.1, 0.15) is 6.07 Å². The van der Waals surface area contributed by atoms with Crippen LogP contribution in [0.1, 0.15) is 34.5 Å². The van der Waals surface area contributed by atoms with Crippen LogP contribution >= 0.6 is 0 Å². The SMILES string of the molecule is COCCN1C[C@@H](Cc2nc(C)c(C)c(C)c2C#N)CC1=O. The van der Waals surface area contributed by atoms with E-state index >= 15 is 0 Å². The number of nitriles is 1. The van der Waals surface area contributed by atoms with E-state index in [-0.39, 0.29) is 11.8 Å². The van der Waals surface area contributed by atoms with Crippen LogP contribution < -0.4 is 0 Å². The first-order valence-electron chi connectivity index (χ1n) is 7.61. The van der Waals surface area contributed by atoms with Crippen LogP contribution in [0.5, 0.6) is 0 Å². The van der Waals surface area contributed by atoms with Gasteiger partial charge in [-0.05, 0) is 44.2 Å². The Bertz CT molecular complexity index is 619. The Morgan fingerprint density at radius 3 is 2.73 bits per heavy atom. The fraction of sp³-hybridized carbons (Fsp3) is 0.588. The Morgan fingerprint density at radius 1 is 1.36 bits per heavy atom. The van der Waals surface area contributed by atoms with Crippen molar-refractivity contribution in [3.63, 3.8) is 0 Å². The number of aromatic nitrogens is 1. The second-order valence-corrected chi connectivity index (χ2v) is 5.99. The molecule has 5 heteroatoms. The number of hydrogen-bond donors (Lipinski definition) is 0. The highest BCUT2D eigenvalue weighted by molar-refractivity contribution is 5.78. The zero-order valence-corrected chi connectivity index (χ0v) is 13.8. The lowest BCUT2D eigenvalue weighted by Gasteiger charge is -2.17. The molecule has 2 rings (SSSR count). The quantitative estimate of drug-likeness (QED) is 0.833. The van der Waals surface area contributed by atoms with Crippen molar-refractivity contribution in [2.24, 2.45) is 5.92 Å². The Balaban J connectivity index is 2.15. The summed E-state index contributed by atoms with van der Waals surface area (Å²) in [6.45, 7) is 7.85. The number of likely N-dealkylation sites (tertiary alicyclic amines) is 1. The molecule has 0 spiro atoms. The number of carbonyl (C=O) groups is 1. The normalized spacial score (nSPS) is 17.9. The van der Waals surface area contributed by atoms with Gasteiger partial charge in [0.05, 0.1) is 17.9 Å². The largest absolute Gasteiger partial charge is 0.383 e. The summed E-state index contributed by atoms with van der Waals surface area (Å²) >= 11 is 0. The van der Waals surface area contributed by atoms with Gasteiger partial charge in [0.2, 0.25) is 5.91 Å². The van der Waals surface area contributed by atoms with Crippen molar-refractivity contribution in [3.8, 4) is 6.07 Å². The van der Waals surface area contributed by atoms with Crippen LogP contribution in [-0.4, -0.2) is 42.6 Å². The second kappa shape index (κ2) is 6.89. The van der Waals surface area contributed by atoms with E-state index in [1.54, 1.807) is 7.11 Å². The van der Waals surface area contributed by atoms with Crippen molar-refractivity contribution in [1.29, 1.82) is 5.26 Å². The summed E-state index contributed by atoms with van der Waals surface area (Å²) in [4.78, 5) is 18.5. The van der Waals surface area contributed by atoms with Crippen LogP contribution in [0.25, 0.3) is 0 Å². The zero-order chi connectivity index (χ0) is 16.3. The lowest BCUT2D eigenvalue weighted by molar-refractivity contribution is -0.128. The van der Waals surface area contributed by atoms with Crippen LogP contribution in [-0.2, 0) is 16.0 Å². The first-order valence-corrected chi connectivity index (χ1v) is 7.61. The number of aryl methyl sites for hydroxylation is 1.